The van der Waals surface area contributed by atoms with Crippen molar-refractivity contribution in [1.82, 2.24) is 5.43 Å². The third-order valence-electron chi connectivity index (χ3n) is 6.04. The molecule has 1 saturated heterocycles. The van der Waals surface area contributed by atoms with Crippen LogP contribution in [-0.4, -0.2) is 23.2 Å². The van der Waals surface area contributed by atoms with Gasteiger partial charge in [-0.2, -0.15) is 5.10 Å². The summed E-state index contributed by atoms with van der Waals surface area (Å²) in [5.74, 6) is -0.638. The van der Waals surface area contributed by atoms with Crippen LogP contribution in [0.5, 0.6) is 0 Å². The fraction of sp³-hybridized carbons (Fsp3) is 0.500. The zero-order valence-corrected chi connectivity index (χ0v) is 15.9. The van der Waals surface area contributed by atoms with Crippen LogP contribution in [0.25, 0.3) is 0 Å². The molecule has 0 aromatic heterocycles. The first-order valence-electron chi connectivity index (χ1n) is 7.98. The smallest absolute Gasteiger partial charge is 0.313 e. The fourth-order valence-electron chi connectivity index (χ4n) is 3.73. The zero-order chi connectivity index (χ0) is 17.8. The Morgan fingerprint density at radius 2 is 1.83 bits per heavy atom. The van der Waals surface area contributed by atoms with Crippen LogP contribution in [0.4, 0.5) is 0 Å². The average molecular weight is 393 g/mol. The molecule has 6 heteroatoms. The predicted molar refractivity (Wildman–Crippen MR) is 94.4 cm³/mol. The van der Waals surface area contributed by atoms with Crippen LogP contribution < -0.4 is 5.43 Å². The highest BCUT2D eigenvalue weighted by molar-refractivity contribution is 9.10. The molecule has 2 bridgehead atoms. The van der Waals surface area contributed by atoms with Gasteiger partial charge in [0.25, 0.3) is 5.91 Å². The van der Waals surface area contributed by atoms with Crippen LogP contribution in [-0.2, 0) is 14.3 Å². The molecule has 1 aliphatic carbocycles. The molecule has 2 aliphatic rings. The lowest BCUT2D eigenvalue weighted by atomic mass is 9.66. The summed E-state index contributed by atoms with van der Waals surface area (Å²) < 4.78 is 6.53. The molecule has 1 amide bonds. The molecule has 2 fully saturated rings. The van der Waals surface area contributed by atoms with Crippen molar-refractivity contribution in [3.63, 3.8) is 0 Å². The summed E-state index contributed by atoms with van der Waals surface area (Å²) in [7, 11) is 0. The van der Waals surface area contributed by atoms with Gasteiger partial charge in [-0.3, -0.25) is 9.59 Å². The van der Waals surface area contributed by atoms with Gasteiger partial charge in [0.2, 0.25) is 0 Å². The molecule has 0 radical (unpaired) electrons. The minimum absolute atomic E-state index is 0.289. The van der Waals surface area contributed by atoms with Gasteiger partial charge in [-0.15, -0.1) is 0 Å². The van der Waals surface area contributed by atoms with Crippen molar-refractivity contribution in [1.29, 1.82) is 0 Å². The first-order chi connectivity index (χ1) is 11.1. The lowest BCUT2D eigenvalue weighted by Gasteiger charge is -2.34. The molecule has 0 spiro atoms. The number of benzene rings is 1. The molecule has 2 atom stereocenters. The highest BCUT2D eigenvalue weighted by atomic mass is 79.9. The Kier molecular flexibility index (Phi) is 3.86. The molecular weight excluding hydrogens is 372 g/mol. The predicted octanol–water partition coefficient (Wildman–Crippen LogP) is 3.41. The summed E-state index contributed by atoms with van der Waals surface area (Å²) in [6.07, 6.45) is 1.18. The van der Waals surface area contributed by atoms with Crippen LogP contribution in [0.3, 0.4) is 0 Å². The van der Waals surface area contributed by atoms with Gasteiger partial charge in [-0.1, -0.05) is 41.9 Å². The number of nitrogens with zero attached hydrogens (tertiary/aromatic N) is 1. The third-order valence-corrected chi connectivity index (χ3v) is 6.57. The van der Waals surface area contributed by atoms with Crippen LogP contribution in [0.2, 0.25) is 0 Å². The summed E-state index contributed by atoms with van der Waals surface area (Å²) in [4.78, 5) is 25.0. The number of hydrazone groups is 1. The van der Waals surface area contributed by atoms with E-state index in [1.54, 1.807) is 0 Å². The summed E-state index contributed by atoms with van der Waals surface area (Å²) in [5.41, 5.74) is 1.89. The molecule has 1 saturated carbocycles. The van der Waals surface area contributed by atoms with Crippen molar-refractivity contribution in [3.8, 4) is 0 Å². The zero-order valence-electron chi connectivity index (χ0n) is 14.3. The molecule has 128 valence electrons. The highest BCUT2D eigenvalue weighted by Crippen LogP contribution is 2.65. The van der Waals surface area contributed by atoms with E-state index in [-0.39, 0.29) is 11.9 Å². The maximum absolute atomic E-state index is 12.8. The van der Waals surface area contributed by atoms with Crippen LogP contribution in [0.15, 0.2) is 33.8 Å². The van der Waals surface area contributed by atoms with E-state index in [4.69, 9.17) is 4.74 Å². The Balaban J connectivity index is 1.82. The number of ether oxygens (including phenoxy) is 1. The molecule has 3 rings (SSSR count). The van der Waals surface area contributed by atoms with Gasteiger partial charge >= 0.3 is 5.97 Å². The number of nitrogens with one attached hydrogen (secondary N) is 1. The Morgan fingerprint density at radius 3 is 2.33 bits per heavy atom. The average Bonchev–Trinajstić information content (AvgIpc) is 2.83. The minimum Gasteiger partial charge on any atom is -0.448 e. The van der Waals surface area contributed by atoms with Crippen molar-refractivity contribution >= 4 is 33.5 Å². The molecule has 1 aliphatic heterocycles. The Hall–Kier alpha value is -1.69. The van der Waals surface area contributed by atoms with Crippen molar-refractivity contribution in [2.45, 2.75) is 46.1 Å². The Morgan fingerprint density at radius 1 is 1.21 bits per heavy atom. The normalized spacial score (nSPS) is 31.0. The molecule has 1 N–H and O–H groups in total. The highest BCUT2D eigenvalue weighted by Gasteiger charge is 2.75. The number of rotatable bonds is 3. The van der Waals surface area contributed by atoms with Crippen LogP contribution in [0.1, 0.15) is 46.1 Å². The maximum atomic E-state index is 12.8. The van der Waals surface area contributed by atoms with Gasteiger partial charge in [0.1, 0.15) is 0 Å². The van der Waals surface area contributed by atoms with E-state index in [1.807, 2.05) is 52.0 Å². The molecule has 1 heterocycles. The van der Waals surface area contributed by atoms with Gasteiger partial charge in [0.15, 0.2) is 5.60 Å². The lowest BCUT2D eigenvalue weighted by molar-refractivity contribution is -0.168. The topological polar surface area (TPSA) is 67.8 Å². The summed E-state index contributed by atoms with van der Waals surface area (Å²) in [5, 5.41) is 4.20. The SMILES string of the molecule is C/C(=N\NC(=O)C12CCC(C)(C(=O)O1)C2(C)C)c1ccc(Br)cc1. The van der Waals surface area contributed by atoms with E-state index >= 15 is 0 Å². The second-order valence-corrected chi connectivity index (χ2v) is 8.23. The number of carbonyl (C=O) groups is 2. The third kappa shape index (κ3) is 2.15. The maximum Gasteiger partial charge on any atom is 0.313 e. The van der Waals surface area contributed by atoms with Crippen molar-refractivity contribution in [3.05, 3.63) is 34.3 Å². The quantitative estimate of drug-likeness (QED) is 0.486. The number of halogens is 1. The molecule has 5 nitrogen and oxygen atoms in total. The second-order valence-electron chi connectivity index (χ2n) is 7.32. The van der Waals surface area contributed by atoms with E-state index in [0.29, 0.717) is 18.6 Å². The second kappa shape index (κ2) is 5.41. The van der Waals surface area contributed by atoms with Gasteiger partial charge in [-0.05, 0) is 44.4 Å². The van der Waals surface area contributed by atoms with Crippen molar-refractivity contribution < 1.29 is 14.3 Å². The first kappa shape index (κ1) is 17.1. The van der Waals surface area contributed by atoms with E-state index in [2.05, 4.69) is 26.5 Å². The fourth-order valence-corrected chi connectivity index (χ4v) is 3.99. The summed E-state index contributed by atoms with van der Waals surface area (Å²) in [6.45, 7) is 7.56. The minimum atomic E-state index is -1.14. The number of carbonyl (C=O) groups excluding carboxylic acids is 2. The van der Waals surface area contributed by atoms with Crippen LogP contribution >= 0.6 is 15.9 Å². The molecule has 24 heavy (non-hydrogen) atoms. The van der Waals surface area contributed by atoms with Gasteiger partial charge < -0.3 is 4.74 Å². The number of hydrogen-bond donors (Lipinski definition) is 1. The van der Waals surface area contributed by atoms with Gasteiger partial charge in [-0.25, -0.2) is 5.43 Å². The summed E-state index contributed by atoms with van der Waals surface area (Å²) >= 11 is 3.39. The number of hydrogen-bond acceptors (Lipinski definition) is 4. The van der Waals surface area contributed by atoms with Gasteiger partial charge in [0.05, 0.1) is 11.1 Å². The Labute approximate surface area is 150 Å². The first-order valence-corrected chi connectivity index (χ1v) is 8.77. The lowest BCUT2D eigenvalue weighted by Crippen LogP contribution is -2.52. The number of fused-ring (bicyclic) bond motifs is 2. The number of esters is 1. The molecule has 2 unspecified atom stereocenters. The van der Waals surface area contributed by atoms with E-state index in [1.165, 1.54) is 0 Å². The van der Waals surface area contributed by atoms with E-state index in [0.717, 1.165) is 10.0 Å². The van der Waals surface area contributed by atoms with E-state index < -0.39 is 16.4 Å². The van der Waals surface area contributed by atoms with Gasteiger partial charge in [0, 0.05) is 9.89 Å². The monoisotopic (exact) mass is 392 g/mol. The standard InChI is InChI=1S/C18H21BrN2O3/c1-11(12-5-7-13(19)8-6-12)20-21-14(22)18-10-9-17(4,15(23)24-18)16(18,2)3/h5-8H,9-10H2,1-4H3,(H,21,22)/b20-11+. The van der Waals surface area contributed by atoms with Crippen molar-refractivity contribution in [2.75, 3.05) is 0 Å². The largest absolute Gasteiger partial charge is 0.448 e. The summed E-state index contributed by atoms with van der Waals surface area (Å²) in [6, 6.07) is 7.66. The van der Waals surface area contributed by atoms with Crippen LogP contribution in [0, 0.1) is 10.8 Å². The molecular formula is C18H21BrN2O3. The molecule has 1 aromatic rings. The van der Waals surface area contributed by atoms with Crippen molar-refractivity contribution in [2.24, 2.45) is 15.9 Å². The van der Waals surface area contributed by atoms with E-state index in [9.17, 15) is 9.59 Å². The Bertz CT molecular complexity index is 741. The number of amides is 1. The molecule has 1 aromatic carbocycles.